The SMILES string of the molecule is CCOC(=O)CC#Cc1cccc2c1CC=C2. The molecule has 0 aromatic heterocycles. The lowest BCUT2D eigenvalue weighted by atomic mass is 10.0. The number of hydrogen-bond acceptors (Lipinski definition) is 2. The summed E-state index contributed by atoms with van der Waals surface area (Å²) < 4.78 is 4.82. The Labute approximate surface area is 101 Å². The van der Waals surface area contributed by atoms with Crippen molar-refractivity contribution in [2.45, 2.75) is 19.8 Å². The van der Waals surface area contributed by atoms with Gasteiger partial charge in [-0.3, -0.25) is 4.79 Å². The molecule has 0 unspecified atom stereocenters. The van der Waals surface area contributed by atoms with Crippen LogP contribution in [0.3, 0.4) is 0 Å². The molecule has 2 nitrogen and oxygen atoms in total. The molecule has 0 spiro atoms. The Hall–Kier alpha value is -2.01. The van der Waals surface area contributed by atoms with Crippen molar-refractivity contribution < 1.29 is 9.53 Å². The van der Waals surface area contributed by atoms with Gasteiger partial charge < -0.3 is 4.74 Å². The summed E-state index contributed by atoms with van der Waals surface area (Å²) in [4.78, 5) is 11.1. The summed E-state index contributed by atoms with van der Waals surface area (Å²) >= 11 is 0. The Morgan fingerprint density at radius 1 is 1.47 bits per heavy atom. The third-order valence-electron chi connectivity index (χ3n) is 2.59. The van der Waals surface area contributed by atoms with Crippen LogP contribution in [0.1, 0.15) is 30.0 Å². The topological polar surface area (TPSA) is 26.3 Å². The average Bonchev–Trinajstić information content (AvgIpc) is 2.78. The van der Waals surface area contributed by atoms with Gasteiger partial charge in [0.05, 0.1) is 6.61 Å². The molecule has 0 bridgehead atoms. The van der Waals surface area contributed by atoms with Crippen LogP contribution in [0.2, 0.25) is 0 Å². The molecule has 0 radical (unpaired) electrons. The van der Waals surface area contributed by atoms with E-state index in [1.54, 1.807) is 6.92 Å². The summed E-state index contributed by atoms with van der Waals surface area (Å²) in [5.41, 5.74) is 3.49. The zero-order valence-corrected chi connectivity index (χ0v) is 9.82. The van der Waals surface area contributed by atoms with Crippen molar-refractivity contribution in [3.63, 3.8) is 0 Å². The molecule has 1 aromatic carbocycles. The van der Waals surface area contributed by atoms with Gasteiger partial charge in [-0.05, 0) is 30.5 Å². The maximum Gasteiger partial charge on any atom is 0.317 e. The molecule has 0 aliphatic heterocycles. The lowest BCUT2D eigenvalue weighted by molar-refractivity contribution is -0.141. The Morgan fingerprint density at radius 3 is 3.18 bits per heavy atom. The molecule has 0 N–H and O–H groups in total. The minimum Gasteiger partial charge on any atom is -0.465 e. The Bertz CT molecular complexity index is 515. The van der Waals surface area contributed by atoms with E-state index in [0.29, 0.717) is 6.61 Å². The minimum absolute atomic E-state index is 0.158. The van der Waals surface area contributed by atoms with Gasteiger partial charge in [-0.1, -0.05) is 36.1 Å². The number of carbonyl (C=O) groups excluding carboxylic acids is 1. The van der Waals surface area contributed by atoms with Crippen LogP contribution in [0, 0.1) is 11.8 Å². The first-order valence-corrected chi connectivity index (χ1v) is 5.74. The first-order valence-electron chi connectivity index (χ1n) is 5.74. The van der Waals surface area contributed by atoms with E-state index >= 15 is 0 Å². The van der Waals surface area contributed by atoms with E-state index < -0.39 is 0 Å². The zero-order chi connectivity index (χ0) is 12.1. The van der Waals surface area contributed by atoms with Crippen molar-refractivity contribution >= 4 is 12.0 Å². The highest BCUT2D eigenvalue weighted by molar-refractivity contribution is 5.73. The van der Waals surface area contributed by atoms with Crippen LogP contribution in [-0.4, -0.2) is 12.6 Å². The van der Waals surface area contributed by atoms with E-state index in [9.17, 15) is 4.79 Å². The second kappa shape index (κ2) is 5.36. The molecule has 2 rings (SSSR count). The molecule has 0 atom stereocenters. The molecule has 0 saturated carbocycles. The van der Waals surface area contributed by atoms with Crippen LogP contribution < -0.4 is 0 Å². The average molecular weight is 226 g/mol. The zero-order valence-electron chi connectivity index (χ0n) is 9.82. The number of carbonyl (C=O) groups is 1. The Kier molecular flexibility index (Phi) is 3.62. The molecule has 86 valence electrons. The predicted molar refractivity (Wildman–Crippen MR) is 67.3 cm³/mol. The first kappa shape index (κ1) is 11.5. The maximum atomic E-state index is 11.1. The van der Waals surface area contributed by atoms with Crippen LogP contribution in [0.15, 0.2) is 24.3 Å². The standard InChI is InChI=1S/C15H14O2/c1-2-17-15(16)11-5-9-13-7-3-6-12-8-4-10-14(12)13/h3-4,6-8H,2,10-11H2,1H3. The van der Waals surface area contributed by atoms with E-state index in [-0.39, 0.29) is 12.4 Å². The number of rotatable bonds is 2. The van der Waals surface area contributed by atoms with Gasteiger partial charge in [0.25, 0.3) is 0 Å². The molecular weight excluding hydrogens is 212 g/mol. The molecule has 2 heteroatoms. The van der Waals surface area contributed by atoms with Gasteiger partial charge in [0.2, 0.25) is 0 Å². The van der Waals surface area contributed by atoms with E-state index in [1.807, 2.05) is 12.1 Å². The maximum absolute atomic E-state index is 11.1. The lowest BCUT2D eigenvalue weighted by Crippen LogP contribution is -2.01. The van der Waals surface area contributed by atoms with Gasteiger partial charge in [0.1, 0.15) is 6.42 Å². The molecule has 1 aliphatic carbocycles. The Balaban J connectivity index is 2.08. The lowest BCUT2D eigenvalue weighted by Gasteiger charge is -2.01. The highest BCUT2D eigenvalue weighted by atomic mass is 16.5. The molecule has 0 saturated heterocycles. The smallest absolute Gasteiger partial charge is 0.317 e. The number of fused-ring (bicyclic) bond motifs is 1. The van der Waals surface area contributed by atoms with Crippen molar-refractivity contribution in [2.24, 2.45) is 0 Å². The molecule has 1 aromatic rings. The molecule has 0 fully saturated rings. The summed E-state index contributed by atoms with van der Waals surface area (Å²) in [7, 11) is 0. The Morgan fingerprint density at radius 2 is 2.35 bits per heavy atom. The van der Waals surface area contributed by atoms with Crippen LogP contribution in [-0.2, 0) is 16.0 Å². The van der Waals surface area contributed by atoms with Gasteiger partial charge in [0.15, 0.2) is 0 Å². The third-order valence-corrected chi connectivity index (χ3v) is 2.59. The van der Waals surface area contributed by atoms with E-state index in [0.717, 1.165) is 12.0 Å². The van der Waals surface area contributed by atoms with Crippen LogP contribution in [0.5, 0.6) is 0 Å². The third kappa shape index (κ3) is 2.76. The fraction of sp³-hybridized carbons (Fsp3) is 0.267. The van der Waals surface area contributed by atoms with Crippen LogP contribution in [0.25, 0.3) is 6.08 Å². The quantitative estimate of drug-likeness (QED) is 0.572. The number of esters is 1. The number of ether oxygens (including phenoxy) is 1. The van der Waals surface area contributed by atoms with Crippen molar-refractivity contribution in [2.75, 3.05) is 6.61 Å². The van der Waals surface area contributed by atoms with Crippen molar-refractivity contribution in [1.82, 2.24) is 0 Å². The second-order valence-corrected chi connectivity index (χ2v) is 3.76. The molecule has 1 aliphatic rings. The molecular formula is C15H14O2. The monoisotopic (exact) mass is 226 g/mol. The van der Waals surface area contributed by atoms with Crippen LogP contribution in [0.4, 0.5) is 0 Å². The van der Waals surface area contributed by atoms with E-state index in [4.69, 9.17) is 4.74 Å². The highest BCUT2D eigenvalue weighted by Gasteiger charge is 2.07. The van der Waals surface area contributed by atoms with Gasteiger partial charge >= 0.3 is 5.97 Å². The first-order chi connectivity index (χ1) is 8.31. The number of allylic oxidation sites excluding steroid dienone is 1. The number of hydrogen-bond donors (Lipinski definition) is 0. The van der Waals surface area contributed by atoms with Gasteiger partial charge in [-0.2, -0.15) is 0 Å². The minimum atomic E-state index is -0.259. The van der Waals surface area contributed by atoms with Gasteiger partial charge in [0, 0.05) is 5.56 Å². The van der Waals surface area contributed by atoms with Crippen molar-refractivity contribution in [1.29, 1.82) is 0 Å². The number of benzene rings is 1. The summed E-state index contributed by atoms with van der Waals surface area (Å²) in [5, 5.41) is 0. The van der Waals surface area contributed by atoms with E-state index in [1.165, 1.54) is 11.1 Å². The molecule has 17 heavy (non-hydrogen) atoms. The van der Waals surface area contributed by atoms with Gasteiger partial charge in [-0.25, -0.2) is 0 Å². The second-order valence-electron chi connectivity index (χ2n) is 3.76. The summed E-state index contributed by atoms with van der Waals surface area (Å²) in [6, 6.07) is 6.06. The highest BCUT2D eigenvalue weighted by Crippen LogP contribution is 2.22. The van der Waals surface area contributed by atoms with Gasteiger partial charge in [-0.15, -0.1) is 0 Å². The van der Waals surface area contributed by atoms with Crippen molar-refractivity contribution in [3.8, 4) is 11.8 Å². The molecule has 0 amide bonds. The molecule has 0 heterocycles. The van der Waals surface area contributed by atoms with E-state index in [2.05, 4.69) is 30.1 Å². The summed E-state index contributed by atoms with van der Waals surface area (Å²) in [5.74, 6) is 5.65. The fourth-order valence-corrected chi connectivity index (χ4v) is 1.83. The van der Waals surface area contributed by atoms with Crippen LogP contribution >= 0.6 is 0 Å². The summed E-state index contributed by atoms with van der Waals surface area (Å²) in [6.07, 6.45) is 5.32. The van der Waals surface area contributed by atoms with Crippen molar-refractivity contribution in [3.05, 3.63) is 41.0 Å². The predicted octanol–water partition coefficient (Wildman–Crippen LogP) is 2.56. The summed E-state index contributed by atoms with van der Waals surface area (Å²) in [6.45, 7) is 2.20. The largest absolute Gasteiger partial charge is 0.465 e. The fourth-order valence-electron chi connectivity index (χ4n) is 1.83. The normalized spacial score (nSPS) is 11.6.